The van der Waals surface area contributed by atoms with E-state index < -0.39 is 0 Å². The summed E-state index contributed by atoms with van der Waals surface area (Å²) < 4.78 is 0. The largest absolute Gasteiger partial charge is 0.352 e. The molecule has 1 unspecified atom stereocenters. The molecule has 0 aromatic heterocycles. The van der Waals surface area contributed by atoms with E-state index >= 15 is 0 Å². The van der Waals surface area contributed by atoms with Crippen LogP contribution in [-0.4, -0.2) is 23.5 Å². The molecule has 0 aromatic rings. The van der Waals surface area contributed by atoms with Crippen LogP contribution in [0, 0.1) is 5.92 Å². The average molecular weight is 197 g/mol. The van der Waals surface area contributed by atoms with Crippen LogP contribution in [0.4, 0.5) is 0 Å². The quantitative estimate of drug-likeness (QED) is 0.681. The van der Waals surface area contributed by atoms with Crippen LogP contribution < -0.4 is 5.32 Å². The van der Waals surface area contributed by atoms with Crippen molar-refractivity contribution in [2.75, 3.05) is 11.5 Å². The highest BCUT2D eigenvalue weighted by Crippen LogP contribution is 2.24. The lowest BCUT2D eigenvalue weighted by molar-refractivity contribution is -0.124. The molecule has 1 heterocycles. The molecular formula is C10H15NOS. The van der Waals surface area contributed by atoms with Crippen LogP contribution in [0.2, 0.25) is 0 Å². The molecule has 13 heavy (non-hydrogen) atoms. The van der Waals surface area contributed by atoms with E-state index in [0.717, 1.165) is 30.8 Å². The van der Waals surface area contributed by atoms with E-state index in [1.54, 1.807) is 0 Å². The van der Waals surface area contributed by atoms with Crippen LogP contribution in [0.25, 0.3) is 0 Å². The summed E-state index contributed by atoms with van der Waals surface area (Å²) in [5, 5.41) is 3.11. The van der Waals surface area contributed by atoms with Crippen molar-refractivity contribution in [1.29, 1.82) is 0 Å². The zero-order valence-corrected chi connectivity index (χ0v) is 8.48. The van der Waals surface area contributed by atoms with Crippen molar-refractivity contribution < 1.29 is 4.79 Å². The lowest BCUT2D eigenvalue weighted by Gasteiger charge is -2.15. The number of hydrogen-bond acceptors (Lipinski definition) is 2. The minimum absolute atomic E-state index is 0.277. The Balaban J connectivity index is 1.77. The van der Waals surface area contributed by atoms with Crippen molar-refractivity contribution in [2.24, 2.45) is 5.92 Å². The topological polar surface area (TPSA) is 29.1 Å². The van der Waals surface area contributed by atoms with Gasteiger partial charge in [-0.1, -0.05) is 12.2 Å². The highest BCUT2D eigenvalue weighted by Gasteiger charge is 2.24. The van der Waals surface area contributed by atoms with Crippen molar-refractivity contribution >= 4 is 17.7 Å². The van der Waals surface area contributed by atoms with Gasteiger partial charge in [-0.25, -0.2) is 0 Å². The van der Waals surface area contributed by atoms with E-state index in [0.29, 0.717) is 6.04 Å². The Hall–Kier alpha value is -0.440. The molecule has 0 spiro atoms. The van der Waals surface area contributed by atoms with Crippen molar-refractivity contribution in [3.05, 3.63) is 12.2 Å². The van der Waals surface area contributed by atoms with E-state index in [1.807, 2.05) is 11.8 Å². The lowest BCUT2D eigenvalue weighted by Crippen LogP contribution is -2.37. The third kappa shape index (κ3) is 2.27. The molecule has 0 aromatic carbocycles. The lowest BCUT2D eigenvalue weighted by atomic mass is 10.1. The van der Waals surface area contributed by atoms with E-state index in [9.17, 15) is 4.79 Å². The summed E-state index contributed by atoms with van der Waals surface area (Å²) >= 11 is 1.89. The number of carbonyl (C=O) groups is 1. The van der Waals surface area contributed by atoms with Gasteiger partial charge in [0, 0.05) is 17.7 Å². The molecule has 2 nitrogen and oxygen atoms in total. The summed E-state index contributed by atoms with van der Waals surface area (Å²) in [6, 6.07) is 0.387. The third-order valence-corrected chi connectivity index (χ3v) is 3.82. The molecule has 2 aliphatic rings. The second kappa shape index (κ2) is 4.18. The Morgan fingerprint density at radius 1 is 1.38 bits per heavy atom. The molecule has 1 atom stereocenters. The molecule has 1 N–H and O–H groups in total. The van der Waals surface area contributed by atoms with Crippen LogP contribution >= 0.6 is 11.8 Å². The molecule has 1 aliphatic carbocycles. The first-order chi connectivity index (χ1) is 6.36. The number of nitrogens with one attached hydrogen (secondary N) is 1. The van der Waals surface area contributed by atoms with E-state index in [-0.39, 0.29) is 11.8 Å². The Bertz CT molecular complexity index is 213. The van der Waals surface area contributed by atoms with E-state index in [1.165, 1.54) is 0 Å². The van der Waals surface area contributed by atoms with Gasteiger partial charge in [0.15, 0.2) is 0 Å². The molecule has 1 aliphatic heterocycles. The van der Waals surface area contributed by atoms with Gasteiger partial charge in [-0.2, -0.15) is 11.8 Å². The predicted octanol–water partition coefficient (Wildman–Crippen LogP) is 1.57. The normalized spacial score (nSPS) is 28.2. The summed E-state index contributed by atoms with van der Waals surface area (Å²) in [6.07, 6.45) is 7.40. The zero-order chi connectivity index (χ0) is 9.10. The number of rotatable bonds is 2. The van der Waals surface area contributed by atoms with Gasteiger partial charge in [-0.15, -0.1) is 0 Å². The number of hydrogen-bond donors (Lipinski definition) is 1. The van der Waals surface area contributed by atoms with Gasteiger partial charge in [0.25, 0.3) is 0 Å². The molecule has 0 bridgehead atoms. The Labute approximate surface area is 83.2 Å². The van der Waals surface area contributed by atoms with Crippen LogP contribution in [0.5, 0.6) is 0 Å². The van der Waals surface area contributed by atoms with Crippen molar-refractivity contribution in [3.8, 4) is 0 Å². The van der Waals surface area contributed by atoms with Crippen LogP contribution in [0.15, 0.2) is 12.2 Å². The number of thioether (sulfide) groups is 1. The summed E-state index contributed by atoms with van der Waals surface area (Å²) in [5.74, 6) is 2.73. The molecule has 72 valence electrons. The van der Waals surface area contributed by atoms with Crippen LogP contribution in [-0.2, 0) is 4.79 Å². The van der Waals surface area contributed by atoms with Crippen molar-refractivity contribution in [2.45, 2.75) is 25.3 Å². The fraction of sp³-hybridized carbons (Fsp3) is 0.700. The summed E-state index contributed by atoms with van der Waals surface area (Å²) in [6.45, 7) is 0. The Kier molecular flexibility index (Phi) is 2.94. The molecule has 1 saturated heterocycles. The molecule has 3 heteroatoms. The first-order valence-corrected chi connectivity index (χ1v) is 6.05. The molecule has 1 fully saturated rings. The van der Waals surface area contributed by atoms with E-state index in [2.05, 4.69) is 17.5 Å². The SMILES string of the molecule is O=C(NC1CC=CC1)C1CCSC1. The van der Waals surface area contributed by atoms with Crippen molar-refractivity contribution in [3.63, 3.8) is 0 Å². The maximum absolute atomic E-state index is 11.6. The number of amides is 1. The Morgan fingerprint density at radius 2 is 2.15 bits per heavy atom. The third-order valence-electron chi connectivity index (χ3n) is 2.65. The maximum Gasteiger partial charge on any atom is 0.224 e. The van der Waals surface area contributed by atoms with Gasteiger partial charge < -0.3 is 5.32 Å². The van der Waals surface area contributed by atoms with E-state index in [4.69, 9.17) is 0 Å². The van der Waals surface area contributed by atoms with Crippen LogP contribution in [0.1, 0.15) is 19.3 Å². The zero-order valence-electron chi connectivity index (χ0n) is 7.66. The Morgan fingerprint density at radius 3 is 2.77 bits per heavy atom. The van der Waals surface area contributed by atoms with Gasteiger partial charge in [-0.05, 0) is 25.0 Å². The minimum Gasteiger partial charge on any atom is -0.352 e. The van der Waals surface area contributed by atoms with Gasteiger partial charge in [0.2, 0.25) is 5.91 Å². The molecule has 0 saturated carbocycles. The van der Waals surface area contributed by atoms with Gasteiger partial charge in [0.1, 0.15) is 0 Å². The number of carbonyl (C=O) groups excluding carboxylic acids is 1. The van der Waals surface area contributed by atoms with Gasteiger partial charge >= 0.3 is 0 Å². The molecular weight excluding hydrogens is 182 g/mol. The molecule has 2 rings (SSSR count). The minimum atomic E-state index is 0.277. The second-order valence-electron chi connectivity index (χ2n) is 3.71. The standard InChI is InChI=1S/C10H15NOS/c12-10(8-5-6-13-7-8)11-9-3-1-2-4-9/h1-2,8-9H,3-7H2,(H,11,12). The second-order valence-corrected chi connectivity index (χ2v) is 4.86. The monoisotopic (exact) mass is 197 g/mol. The predicted molar refractivity (Wildman–Crippen MR) is 55.7 cm³/mol. The maximum atomic E-state index is 11.6. The first-order valence-electron chi connectivity index (χ1n) is 4.89. The summed E-state index contributed by atoms with van der Waals surface area (Å²) in [5.41, 5.74) is 0. The van der Waals surface area contributed by atoms with Crippen molar-refractivity contribution in [1.82, 2.24) is 5.32 Å². The summed E-state index contributed by atoms with van der Waals surface area (Å²) in [4.78, 5) is 11.6. The highest BCUT2D eigenvalue weighted by atomic mass is 32.2. The van der Waals surface area contributed by atoms with Gasteiger partial charge in [-0.3, -0.25) is 4.79 Å². The fourth-order valence-electron chi connectivity index (χ4n) is 1.80. The van der Waals surface area contributed by atoms with Gasteiger partial charge in [0.05, 0.1) is 0 Å². The van der Waals surface area contributed by atoms with Crippen LogP contribution in [0.3, 0.4) is 0 Å². The highest BCUT2D eigenvalue weighted by molar-refractivity contribution is 7.99. The average Bonchev–Trinajstić information content (AvgIpc) is 2.74. The summed E-state index contributed by atoms with van der Waals surface area (Å²) in [7, 11) is 0. The first kappa shape index (κ1) is 9.13. The molecule has 0 radical (unpaired) electrons. The molecule has 1 amide bonds. The fourth-order valence-corrected chi connectivity index (χ4v) is 3.02. The smallest absolute Gasteiger partial charge is 0.224 e.